The molecule has 0 aliphatic rings. The van der Waals surface area contributed by atoms with Gasteiger partial charge < -0.3 is 4.74 Å². The summed E-state index contributed by atoms with van der Waals surface area (Å²) in [4.78, 5) is 24.4. The van der Waals surface area contributed by atoms with Crippen molar-refractivity contribution in [2.45, 2.75) is 6.92 Å². The smallest absolute Gasteiger partial charge is 0.384 e. The summed E-state index contributed by atoms with van der Waals surface area (Å²) in [7, 11) is 1.22. The number of methoxy groups -OCH3 is 1. The van der Waals surface area contributed by atoms with Crippen molar-refractivity contribution >= 4 is 11.7 Å². The third-order valence-electron chi connectivity index (χ3n) is 1.74. The molecule has 0 aromatic carbocycles. The molecule has 1 rings (SSSR count). The van der Waals surface area contributed by atoms with Gasteiger partial charge in [0.15, 0.2) is 0 Å². The lowest BCUT2D eigenvalue weighted by Crippen LogP contribution is -1.97. The summed E-state index contributed by atoms with van der Waals surface area (Å²) in [6.45, 7) is 1.63. The van der Waals surface area contributed by atoms with Gasteiger partial charge in [-0.15, -0.1) is 0 Å². The number of hydrogen-bond acceptors (Lipinski definition) is 5. The second kappa shape index (κ2) is 4.89. The molecule has 0 aliphatic heterocycles. The average Bonchev–Trinajstić information content (AvgIpc) is 2.26. The maximum absolute atomic E-state index is 10.7. The van der Waals surface area contributed by atoms with E-state index in [1.807, 2.05) is 0 Å². The fourth-order valence-corrected chi connectivity index (χ4v) is 0.952. The second-order valence-electron chi connectivity index (χ2n) is 2.86. The Morgan fingerprint density at radius 2 is 2.31 bits per heavy atom. The fourth-order valence-electron chi connectivity index (χ4n) is 0.952. The van der Waals surface area contributed by atoms with Crippen LogP contribution in [0.1, 0.15) is 11.3 Å². The van der Waals surface area contributed by atoms with E-state index in [9.17, 15) is 14.9 Å². The van der Waals surface area contributed by atoms with Gasteiger partial charge in [0.2, 0.25) is 0 Å². The molecule has 6 nitrogen and oxygen atoms in total. The highest BCUT2D eigenvalue weighted by molar-refractivity contribution is 5.88. The van der Waals surface area contributed by atoms with E-state index < -0.39 is 10.9 Å². The molecule has 0 N–H and O–H groups in total. The van der Waals surface area contributed by atoms with Crippen molar-refractivity contribution in [3.05, 3.63) is 33.6 Å². The number of carbonyl (C=O) groups excluding carboxylic acids is 1. The average molecular weight is 220 g/mol. The molecule has 0 spiro atoms. The van der Waals surface area contributed by atoms with E-state index in [0.29, 0.717) is 11.3 Å². The van der Waals surface area contributed by atoms with Crippen LogP contribution in [-0.2, 0) is 9.53 Å². The van der Waals surface area contributed by atoms with Crippen LogP contribution in [0, 0.1) is 28.9 Å². The van der Waals surface area contributed by atoms with Crippen LogP contribution in [0.2, 0.25) is 0 Å². The van der Waals surface area contributed by atoms with E-state index in [-0.39, 0.29) is 5.69 Å². The molecule has 6 heteroatoms. The Morgan fingerprint density at radius 3 is 2.81 bits per heavy atom. The minimum Gasteiger partial charge on any atom is -0.459 e. The Hall–Kier alpha value is -2.42. The minimum absolute atomic E-state index is 0.110. The number of nitro groups is 1. The van der Waals surface area contributed by atoms with Crippen LogP contribution in [0.3, 0.4) is 0 Å². The maximum Gasteiger partial charge on any atom is 0.384 e. The first kappa shape index (κ1) is 11.7. The summed E-state index contributed by atoms with van der Waals surface area (Å²) in [6, 6.07) is 1.34. The lowest BCUT2D eigenvalue weighted by atomic mass is 10.2. The molecule has 0 aliphatic carbocycles. The molecule has 0 fully saturated rings. The van der Waals surface area contributed by atoms with Gasteiger partial charge in [-0.3, -0.25) is 10.1 Å². The summed E-state index contributed by atoms with van der Waals surface area (Å²) >= 11 is 0. The number of nitrogens with zero attached hydrogens (tertiary/aromatic N) is 2. The number of ether oxygens (including phenoxy) is 1. The topological polar surface area (TPSA) is 82.3 Å². The highest BCUT2D eigenvalue weighted by atomic mass is 16.6. The van der Waals surface area contributed by atoms with Gasteiger partial charge in [-0.05, 0) is 18.4 Å². The molecule has 0 saturated carbocycles. The number of aromatic nitrogens is 1. The number of pyridine rings is 1. The van der Waals surface area contributed by atoms with E-state index >= 15 is 0 Å². The molecule has 1 heterocycles. The fraction of sp³-hybridized carbons (Fsp3) is 0.200. The third kappa shape index (κ3) is 2.78. The first-order valence-electron chi connectivity index (χ1n) is 4.25. The van der Waals surface area contributed by atoms with E-state index in [1.54, 1.807) is 6.92 Å². The summed E-state index contributed by atoms with van der Waals surface area (Å²) in [5.74, 6) is 3.99. The van der Waals surface area contributed by atoms with Gasteiger partial charge in [0.05, 0.1) is 12.0 Å². The van der Waals surface area contributed by atoms with Crippen molar-refractivity contribution in [1.82, 2.24) is 4.98 Å². The van der Waals surface area contributed by atoms with Gasteiger partial charge in [0, 0.05) is 12.0 Å². The zero-order valence-electron chi connectivity index (χ0n) is 8.68. The van der Waals surface area contributed by atoms with Crippen LogP contribution >= 0.6 is 0 Å². The maximum atomic E-state index is 10.7. The number of hydrogen-bond donors (Lipinski definition) is 0. The highest BCUT2D eigenvalue weighted by Gasteiger charge is 2.07. The zero-order chi connectivity index (χ0) is 12.1. The third-order valence-corrected chi connectivity index (χ3v) is 1.74. The minimum atomic E-state index is -0.681. The second-order valence-corrected chi connectivity index (χ2v) is 2.86. The molecular weight excluding hydrogens is 212 g/mol. The number of carbonyl (C=O) groups is 1. The molecule has 0 unspecified atom stereocenters. The van der Waals surface area contributed by atoms with Crippen LogP contribution in [-0.4, -0.2) is 23.0 Å². The van der Waals surface area contributed by atoms with Crippen LogP contribution in [0.25, 0.3) is 0 Å². The summed E-state index contributed by atoms with van der Waals surface area (Å²) in [6.07, 6.45) is 1.09. The predicted octanol–water partition coefficient (Wildman–Crippen LogP) is 0.823. The summed E-state index contributed by atoms with van der Waals surface area (Å²) < 4.78 is 4.33. The zero-order valence-corrected chi connectivity index (χ0v) is 8.68. The van der Waals surface area contributed by atoms with E-state index in [2.05, 4.69) is 21.6 Å². The van der Waals surface area contributed by atoms with Gasteiger partial charge in [-0.25, -0.2) is 9.78 Å². The van der Waals surface area contributed by atoms with Crippen molar-refractivity contribution in [3.8, 4) is 11.8 Å². The normalized spacial score (nSPS) is 8.88. The van der Waals surface area contributed by atoms with Crippen LogP contribution in [0.4, 0.5) is 5.69 Å². The summed E-state index contributed by atoms with van der Waals surface area (Å²) in [5.41, 5.74) is 0.739. The molecule has 1 aromatic heterocycles. The SMILES string of the molecule is COC(=O)C#Cc1ncc([N+](=O)[O-])cc1C. The van der Waals surface area contributed by atoms with Gasteiger partial charge in [-0.1, -0.05) is 0 Å². The Bertz CT molecular complexity index is 499. The molecule has 16 heavy (non-hydrogen) atoms. The first-order chi connectivity index (χ1) is 7.54. The highest BCUT2D eigenvalue weighted by Crippen LogP contribution is 2.13. The van der Waals surface area contributed by atoms with Crippen molar-refractivity contribution < 1.29 is 14.5 Å². The molecule has 0 radical (unpaired) electrons. The molecule has 82 valence electrons. The number of esters is 1. The molecule has 1 aromatic rings. The van der Waals surface area contributed by atoms with Crippen LogP contribution in [0.5, 0.6) is 0 Å². The largest absolute Gasteiger partial charge is 0.459 e. The molecule has 0 saturated heterocycles. The van der Waals surface area contributed by atoms with E-state index in [1.165, 1.54) is 13.2 Å². The predicted molar refractivity (Wildman–Crippen MR) is 54.5 cm³/mol. The molecule has 0 atom stereocenters. The Kier molecular flexibility index (Phi) is 3.56. The Morgan fingerprint density at radius 1 is 1.62 bits per heavy atom. The van der Waals surface area contributed by atoms with Gasteiger partial charge in [-0.2, -0.15) is 0 Å². The van der Waals surface area contributed by atoms with Crippen molar-refractivity contribution in [3.63, 3.8) is 0 Å². The van der Waals surface area contributed by atoms with Crippen molar-refractivity contribution in [2.75, 3.05) is 7.11 Å². The van der Waals surface area contributed by atoms with E-state index in [0.717, 1.165) is 6.20 Å². The van der Waals surface area contributed by atoms with E-state index in [4.69, 9.17) is 0 Å². The Labute approximate surface area is 91.4 Å². The molecule has 0 bridgehead atoms. The van der Waals surface area contributed by atoms with Crippen LogP contribution in [0.15, 0.2) is 12.3 Å². The van der Waals surface area contributed by atoms with Gasteiger partial charge in [0.1, 0.15) is 11.9 Å². The van der Waals surface area contributed by atoms with Crippen molar-refractivity contribution in [2.24, 2.45) is 0 Å². The van der Waals surface area contributed by atoms with Gasteiger partial charge in [0.25, 0.3) is 5.69 Å². The number of aryl methyl sites for hydroxylation is 1. The van der Waals surface area contributed by atoms with Crippen LogP contribution < -0.4 is 0 Å². The Balaban J connectivity index is 3.03. The standard InChI is InChI=1S/C10H8N2O4/c1-7-5-8(12(14)15)6-11-9(7)3-4-10(13)16-2/h5-6H,1-2H3. The summed E-state index contributed by atoms with van der Waals surface area (Å²) in [5, 5.41) is 10.4. The monoisotopic (exact) mass is 220 g/mol. The lowest BCUT2D eigenvalue weighted by Gasteiger charge is -1.96. The quantitative estimate of drug-likeness (QED) is 0.303. The lowest BCUT2D eigenvalue weighted by molar-refractivity contribution is -0.385. The molecular formula is C10H8N2O4. The van der Waals surface area contributed by atoms with Gasteiger partial charge >= 0.3 is 5.97 Å². The first-order valence-corrected chi connectivity index (χ1v) is 4.25. The number of rotatable bonds is 1. The van der Waals surface area contributed by atoms with Crippen molar-refractivity contribution in [1.29, 1.82) is 0 Å². The molecule has 0 amide bonds.